The third kappa shape index (κ3) is 2.52. The van der Waals surface area contributed by atoms with Crippen molar-refractivity contribution in [3.05, 3.63) is 75.3 Å². The molecule has 0 bridgehead atoms. The summed E-state index contributed by atoms with van der Waals surface area (Å²) in [6.07, 6.45) is 0. The number of carbonyl (C=O) groups is 1. The molecule has 0 aliphatic carbocycles. The standard InChI is InChI=1S/C20H15ClN4O2/c21-13-5-6-17-12(9-13)10-14-11-24(7-8-25(14)17)20(27)18-15-3-1-2-4-16(15)19(26)23-22-18/h1-6,9-10H,7-8,11H2,(H,23,26). The second-order valence-corrected chi connectivity index (χ2v) is 7.10. The largest absolute Gasteiger partial charge is 0.341 e. The number of hydrogen-bond donors (Lipinski definition) is 1. The summed E-state index contributed by atoms with van der Waals surface area (Å²) in [5.41, 5.74) is 2.16. The molecule has 0 atom stereocenters. The van der Waals surface area contributed by atoms with Crippen LogP contribution in [0.1, 0.15) is 16.2 Å². The highest BCUT2D eigenvalue weighted by Gasteiger charge is 2.26. The summed E-state index contributed by atoms with van der Waals surface area (Å²) in [5.74, 6) is -0.183. The van der Waals surface area contributed by atoms with Crippen LogP contribution in [0.3, 0.4) is 0 Å². The molecule has 5 rings (SSSR count). The molecule has 0 spiro atoms. The Bertz CT molecular complexity index is 1270. The van der Waals surface area contributed by atoms with Crippen molar-refractivity contribution in [2.24, 2.45) is 0 Å². The maximum atomic E-state index is 13.1. The molecule has 3 heterocycles. The van der Waals surface area contributed by atoms with Gasteiger partial charge in [0.2, 0.25) is 0 Å². The van der Waals surface area contributed by atoms with Crippen LogP contribution >= 0.6 is 11.6 Å². The van der Waals surface area contributed by atoms with Gasteiger partial charge in [-0.3, -0.25) is 9.59 Å². The number of amides is 1. The minimum atomic E-state index is -0.294. The van der Waals surface area contributed by atoms with Crippen molar-refractivity contribution < 1.29 is 4.79 Å². The lowest BCUT2D eigenvalue weighted by atomic mass is 10.1. The fraction of sp³-hybridized carbons (Fsp3) is 0.150. The lowest BCUT2D eigenvalue weighted by Gasteiger charge is -2.29. The third-order valence-corrected chi connectivity index (χ3v) is 5.32. The average molecular weight is 379 g/mol. The van der Waals surface area contributed by atoms with Crippen LogP contribution in [0.15, 0.2) is 53.3 Å². The van der Waals surface area contributed by atoms with E-state index in [2.05, 4.69) is 20.8 Å². The Balaban J connectivity index is 1.54. The summed E-state index contributed by atoms with van der Waals surface area (Å²) in [6, 6.07) is 14.9. The first-order valence-electron chi connectivity index (χ1n) is 8.66. The summed E-state index contributed by atoms with van der Waals surface area (Å²) in [6.45, 7) is 1.77. The summed E-state index contributed by atoms with van der Waals surface area (Å²) in [7, 11) is 0. The predicted octanol–water partition coefficient (Wildman–Crippen LogP) is 3.19. The van der Waals surface area contributed by atoms with E-state index < -0.39 is 0 Å². The number of aromatic nitrogens is 3. The fourth-order valence-electron chi connectivity index (χ4n) is 3.79. The topological polar surface area (TPSA) is 71.0 Å². The van der Waals surface area contributed by atoms with Gasteiger partial charge in [0.1, 0.15) is 0 Å². The highest BCUT2D eigenvalue weighted by molar-refractivity contribution is 6.31. The number of benzene rings is 2. The van der Waals surface area contributed by atoms with Crippen LogP contribution in [0.2, 0.25) is 5.02 Å². The SMILES string of the molecule is O=C(c1n[nH]c(=O)c2ccccc12)N1CCn2c(cc3cc(Cl)ccc32)C1. The van der Waals surface area contributed by atoms with E-state index in [0.717, 1.165) is 16.6 Å². The van der Waals surface area contributed by atoms with Gasteiger partial charge in [-0.1, -0.05) is 29.8 Å². The summed E-state index contributed by atoms with van der Waals surface area (Å²) >= 11 is 6.10. The van der Waals surface area contributed by atoms with Crippen LogP contribution < -0.4 is 5.56 Å². The Morgan fingerprint density at radius 1 is 1.07 bits per heavy atom. The zero-order chi connectivity index (χ0) is 18.5. The molecule has 2 aromatic heterocycles. The van der Waals surface area contributed by atoms with Crippen molar-refractivity contribution in [3.63, 3.8) is 0 Å². The molecule has 0 saturated heterocycles. The van der Waals surface area contributed by atoms with Gasteiger partial charge in [-0.15, -0.1) is 0 Å². The summed E-state index contributed by atoms with van der Waals surface area (Å²) < 4.78 is 2.22. The fourth-order valence-corrected chi connectivity index (χ4v) is 3.97. The molecule has 2 aromatic carbocycles. The molecule has 1 amide bonds. The molecule has 7 heteroatoms. The Kier molecular flexibility index (Phi) is 3.55. The molecule has 27 heavy (non-hydrogen) atoms. The maximum absolute atomic E-state index is 13.1. The number of rotatable bonds is 1. The van der Waals surface area contributed by atoms with Crippen molar-refractivity contribution in [1.29, 1.82) is 0 Å². The number of hydrogen-bond acceptors (Lipinski definition) is 3. The smallest absolute Gasteiger partial charge is 0.275 e. The summed E-state index contributed by atoms with van der Waals surface area (Å²) in [4.78, 5) is 26.8. The van der Waals surface area contributed by atoms with Crippen LogP contribution in [0.5, 0.6) is 0 Å². The van der Waals surface area contributed by atoms with E-state index in [1.54, 1.807) is 29.2 Å². The highest BCUT2D eigenvalue weighted by atomic mass is 35.5. The number of nitrogens with one attached hydrogen (secondary N) is 1. The molecule has 1 aliphatic rings. The van der Waals surface area contributed by atoms with E-state index in [1.165, 1.54) is 0 Å². The molecular formula is C20H15ClN4O2. The van der Waals surface area contributed by atoms with Gasteiger partial charge in [-0.05, 0) is 30.3 Å². The number of aromatic amines is 1. The Hall–Kier alpha value is -3.12. The van der Waals surface area contributed by atoms with Gasteiger partial charge in [-0.2, -0.15) is 5.10 Å². The number of H-pyrrole nitrogens is 1. The number of carbonyl (C=O) groups excluding carboxylic acids is 1. The van der Waals surface area contributed by atoms with Gasteiger partial charge in [0.05, 0.1) is 11.9 Å². The molecule has 0 unspecified atom stereocenters. The highest BCUT2D eigenvalue weighted by Crippen LogP contribution is 2.27. The van der Waals surface area contributed by atoms with E-state index in [-0.39, 0.29) is 17.2 Å². The van der Waals surface area contributed by atoms with Gasteiger partial charge in [-0.25, -0.2) is 5.10 Å². The number of nitrogens with zero attached hydrogens (tertiary/aromatic N) is 3. The van der Waals surface area contributed by atoms with Gasteiger partial charge >= 0.3 is 0 Å². The molecule has 0 saturated carbocycles. The molecule has 134 valence electrons. The number of halogens is 1. The van der Waals surface area contributed by atoms with Crippen LogP contribution in [0, 0.1) is 0 Å². The third-order valence-electron chi connectivity index (χ3n) is 5.08. The van der Waals surface area contributed by atoms with Gasteiger partial charge in [0, 0.05) is 40.1 Å². The molecular weight excluding hydrogens is 364 g/mol. The minimum Gasteiger partial charge on any atom is -0.341 e. The van der Waals surface area contributed by atoms with Crippen molar-refractivity contribution in [1.82, 2.24) is 19.7 Å². The second kappa shape index (κ2) is 5.96. The van der Waals surface area contributed by atoms with Crippen molar-refractivity contribution in [3.8, 4) is 0 Å². The van der Waals surface area contributed by atoms with E-state index in [0.29, 0.717) is 35.4 Å². The quantitative estimate of drug-likeness (QED) is 0.553. The lowest BCUT2D eigenvalue weighted by Crippen LogP contribution is -2.38. The monoisotopic (exact) mass is 378 g/mol. The van der Waals surface area contributed by atoms with Crippen LogP contribution in [-0.2, 0) is 13.1 Å². The zero-order valence-corrected chi connectivity index (χ0v) is 15.0. The first-order valence-corrected chi connectivity index (χ1v) is 9.04. The second-order valence-electron chi connectivity index (χ2n) is 6.66. The Morgan fingerprint density at radius 2 is 1.89 bits per heavy atom. The van der Waals surface area contributed by atoms with Crippen LogP contribution in [0.25, 0.3) is 21.7 Å². The zero-order valence-electron chi connectivity index (χ0n) is 14.3. The normalized spacial score (nSPS) is 13.9. The van der Waals surface area contributed by atoms with Crippen LogP contribution in [0.4, 0.5) is 0 Å². The Morgan fingerprint density at radius 3 is 2.74 bits per heavy atom. The van der Waals surface area contributed by atoms with Gasteiger partial charge < -0.3 is 9.47 Å². The van der Waals surface area contributed by atoms with Crippen molar-refractivity contribution in [2.45, 2.75) is 13.1 Å². The molecule has 4 aromatic rings. The molecule has 1 aliphatic heterocycles. The van der Waals surface area contributed by atoms with E-state index in [4.69, 9.17) is 11.6 Å². The Labute approximate surface area is 159 Å². The van der Waals surface area contributed by atoms with Crippen LogP contribution in [-0.4, -0.2) is 32.1 Å². The first-order chi connectivity index (χ1) is 13.1. The van der Waals surface area contributed by atoms with E-state index >= 15 is 0 Å². The molecule has 0 fully saturated rings. The van der Waals surface area contributed by atoms with Gasteiger partial charge in [0.15, 0.2) is 5.69 Å². The van der Waals surface area contributed by atoms with Gasteiger partial charge in [0.25, 0.3) is 11.5 Å². The molecule has 1 N–H and O–H groups in total. The van der Waals surface area contributed by atoms with Crippen molar-refractivity contribution >= 4 is 39.2 Å². The number of fused-ring (bicyclic) bond motifs is 4. The summed E-state index contributed by atoms with van der Waals surface area (Å²) in [5, 5.41) is 9.28. The molecule has 6 nitrogen and oxygen atoms in total. The van der Waals surface area contributed by atoms with E-state index in [9.17, 15) is 9.59 Å². The first kappa shape index (κ1) is 16.1. The van der Waals surface area contributed by atoms with Crippen molar-refractivity contribution in [2.75, 3.05) is 6.54 Å². The maximum Gasteiger partial charge on any atom is 0.275 e. The lowest BCUT2D eigenvalue weighted by molar-refractivity contribution is 0.0707. The van der Waals surface area contributed by atoms with E-state index in [1.807, 2.05) is 18.2 Å². The average Bonchev–Trinajstić information content (AvgIpc) is 3.04. The molecule has 0 radical (unpaired) electrons. The minimum absolute atomic E-state index is 0.183. The predicted molar refractivity (Wildman–Crippen MR) is 104 cm³/mol.